The zero-order chi connectivity index (χ0) is 9.97. The van der Waals surface area contributed by atoms with E-state index < -0.39 is 0 Å². The number of hydrogen-bond acceptors (Lipinski definition) is 3. The van der Waals surface area contributed by atoms with Crippen LogP contribution in [0, 0.1) is 6.92 Å². The molecule has 0 saturated carbocycles. The Morgan fingerprint density at radius 2 is 2.36 bits per heavy atom. The van der Waals surface area contributed by atoms with Crippen LogP contribution in [0.4, 0.5) is 0 Å². The number of aromatic nitrogens is 2. The molecule has 0 aliphatic heterocycles. The maximum atomic E-state index is 4.34. The quantitative estimate of drug-likeness (QED) is 0.531. The van der Waals surface area contributed by atoms with Crippen molar-refractivity contribution >= 4 is 23.7 Å². The molecule has 74 valence electrons. The molecular weight excluding hydrogens is 194 g/mol. The van der Waals surface area contributed by atoms with Crippen LogP contribution in [0.25, 0.3) is 11.0 Å². The highest BCUT2D eigenvalue weighted by Crippen LogP contribution is 2.13. The summed E-state index contributed by atoms with van der Waals surface area (Å²) < 4.78 is 0. The molecule has 1 aromatic carbocycles. The SMILES string of the molecule is Cc1nc2ccc(CNCS)cc2[nH]1. The summed E-state index contributed by atoms with van der Waals surface area (Å²) in [5, 5.41) is 3.17. The van der Waals surface area contributed by atoms with Gasteiger partial charge in [0.05, 0.1) is 11.0 Å². The fraction of sp³-hybridized carbons (Fsp3) is 0.300. The van der Waals surface area contributed by atoms with Crippen LogP contribution in [-0.4, -0.2) is 15.8 Å². The molecule has 0 fully saturated rings. The van der Waals surface area contributed by atoms with E-state index in [9.17, 15) is 0 Å². The Balaban J connectivity index is 2.31. The molecule has 3 nitrogen and oxygen atoms in total. The minimum absolute atomic E-state index is 0.694. The summed E-state index contributed by atoms with van der Waals surface area (Å²) in [4.78, 5) is 7.56. The van der Waals surface area contributed by atoms with E-state index in [-0.39, 0.29) is 0 Å². The van der Waals surface area contributed by atoms with E-state index in [1.54, 1.807) is 0 Å². The Morgan fingerprint density at radius 1 is 1.50 bits per heavy atom. The number of benzene rings is 1. The van der Waals surface area contributed by atoms with Crippen molar-refractivity contribution in [2.75, 3.05) is 5.88 Å². The van der Waals surface area contributed by atoms with Crippen LogP contribution < -0.4 is 5.32 Å². The van der Waals surface area contributed by atoms with Gasteiger partial charge >= 0.3 is 0 Å². The molecule has 1 aromatic heterocycles. The normalized spacial score (nSPS) is 11.0. The summed E-state index contributed by atoms with van der Waals surface area (Å²) in [7, 11) is 0. The second-order valence-corrected chi connectivity index (χ2v) is 3.57. The Morgan fingerprint density at radius 3 is 3.14 bits per heavy atom. The molecule has 0 radical (unpaired) electrons. The molecule has 4 heteroatoms. The standard InChI is InChI=1S/C10H13N3S/c1-7-12-9-3-2-8(5-11-6-14)4-10(9)13-7/h2-4,11,14H,5-6H2,1H3,(H,12,13). The third kappa shape index (κ3) is 1.91. The summed E-state index contributed by atoms with van der Waals surface area (Å²) in [5.41, 5.74) is 3.37. The van der Waals surface area contributed by atoms with Gasteiger partial charge in [-0.05, 0) is 24.6 Å². The van der Waals surface area contributed by atoms with E-state index in [1.807, 2.05) is 13.0 Å². The highest BCUT2D eigenvalue weighted by molar-refractivity contribution is 7.80. The van der Waals surface area contributed by atoms with Crippen molar-refractivity contribution in [1.29, 1.82) is 0 Å². The summed E-state index contributed by atoms with van der Waals surface area (Å²) in [6.45, 7) is 2.81. The average Bonchev–Trinajstić information content (AvgIpc) is 2.54. The topological polar surface area (TPSA) is 40.7 Å². The molecule has 0 aliphatic carbocycles. The van der Waals surface area contributed by atoms with Crippen molar-refractivity contribution in [3.05, 3.63) is 29.6 Å². The molecule has 0 bridgehead atoms. The zero-order valence-corrected chi connectivity index (χ0v) is 8.94. The molecule has 0 aliphatic rings. The number of imidazole rings is 1. The first kappa shape index (κ1) is 9.55. The number of thiol groups is 1. The van der Waals surface area contributed by atoms with E-state index in [0.717, 1.165) is 23.4 Å². The first-order valence-corrected chi connectivity index (χ1v) is 5.19. The van der Waals surface area contributed by atoms with E-state index in [1.165, 1.54) is 5.56 Å². The molecule has 2 N–H and O–H groups in total. The minimum atomic E-state index is 0.694. The monoisotopic (exact) mass is 207 g/mol. The molecule has 0 amide bonds. The van der Waals surface area contributed by atoms with Crippen LogP contribution in [0.15, 0.2) is 18.2 Å². The fourth-order valence-corrected chi connectivity index (χ4v) is 1.61. The van der Waals surface area contributed by atoms with Gasteiger partial charge < -0.3 is 10.3 Å². The van der Waals surface area contributed by atoms with Crippen LogP contribution >= 0.6 is 12.6 Å². The van der Waals surface area contributed by atoms with E-state index in [4.69, 9.17) is 0 Å². The number of nitrogens with one attached hydrogen (secondary N) is 2. The maximum absolute atomic E-state index is 4.34. The van der Waals surface area contributed by atoms with Crippen LogP contribution in [-0.2, 0) is 6.54 Å². The van der Waals surface area contributed by atoms with Crippen molar-refractivity contribution in [2.45, 2.75) is 13.5 Å². The van der Waals surface area contributed by atoms with Gasteiger partial charge in [0.2, 0.25) is 0 Å². The number of H-pyrrole nitrogens is 1. The summed E-state index contributed by atoms with van der Waals surface area (Å²) in [6, 6.07) is 6.24. The van der Waals surface area contributed by atoms with Crippen molar-refractivity contribution < 1.29 is 0 Å². The van der Waals surface area contributed by atoms with Gasteiger partial charge in [0, 0.05) is 12.4 Å². The number of aromatic amines is 1. The van der Waals surface area contributed by atoms with Gasteiger partial charge in [-0.3, -0.25) is 0 Å². The van der Waals surface area contributed by atoms with Gasteiger partial charge in [-0.25, -0.2) is 4.98 Å². The van der Waals surface area contributed by atoms with Crippen LogP contribution in [0.5, 0.6) is 0 Å². The van der Waals surface area contributed by atoms with Crippen molar-refractivity contribution in [1.82, 2.24) is 15.3 Å². The van der Waals surface area contributed by atoms with Gasteiger partial charge in [-0.1, -0.05) is 6.07 Å². The van der Waals surface area contributed by atoms with Gasteiger partial charge in [-0.15, -0.1) is 0 Å². The third-order valence-corrected chi connectivity index (χ3v) is 2.33. The number of hydrogen-bond donors (Lipinski definition) is 3. The molecule has 2 aromatic rings. The Bertz CT molecular complexity index is 436. The summed E-state index contributed by atoms with van der Waals surface area (Å²) in [6.07, 6.45) is 0. The lowest BCUT2D eigenvalue weighted by molar-refractivity contribution is 0.799. The lowest BCUT2D eigenvalue weighted by Gasteiger charge is -2.00. The molecule has 14 heavy (non-hydrogen) atoms. The van der Waals surface area contributed by atoms with Crippen molar-refractivity contribution in [2.24, 2.45) is 0 Å². The number of nitrogens with zero attached hydrogens (tertiary/aromatic N) is 1. The first-order chi connectivity index (χ1) is 6.79. The summed E-state index contributed by atoms with van der Waals surface area (Å²) >= 11 is 4.10. The molecular formula is C10H13N3S. The highest BCUT2D eigenvalue weighted by atomic mass is 32.1. The lowest BCUT2D eigenvalue weighted by Crippen LogP contribution is -2.09. The van der Waals surface area contributed by atoms with Gasteiger partial charge in [0.25, 0.3) is 0 Å². The second kappa shape index (κ2) is 4.02. The molecule has 0 atom stereocenters. The number of aryl methyl sites for hydroxylation is 1. The highest BCUT2D eigenvalue weighted by Gasteiger charge is 1.99. The molecule has 0 unspecified atom stereocenters. The van der Waals surface area contributed by atoms with E-state index in [0.29, 0.717) is 5.88 Å². The van der Waals surface area contributed by atoms with Crippen LogP contribution in [0.3, 0.4) is 0 Å². The van der Waals surface area contributed by atoms with E-state index >= 15 is 0 Å². The molecule has 0 spiro atoms. The smallest absolute Gasteiger partial charge is 0.104 e. The number of rotatable bonds is 3. The Labute approximate surface area is 88.3 Å². The van der Waals surface area contributed by atoms with Crippen LogP contribution in [0.1, 0.15) is 11.4 Å². The van der Waals surface area contributed by atoms with Crippen molar-refractivity contribution in [3.8, 4) is 0 Å². The Hall–Kier alpha value is -1.00. The van der Waals surface area contributed by atoms with Gasteiger partial charge in [0.15, 0.2) is 0 Å². The maximum Gasteiger partial charge on any atom is 0.104 e. The van der Waals surface area contributed by atoms with E-state index in [2.05, 4.69) is 40.0 Å². The fourth-order valence-electron chi connectivity index (χ4n) is 1.49. The largest absolute Gasteiger partial charge is 0.342 e. The second-order valence-electron chi connectivity index (χ2n) is 3.26. The van der Waals surface area contributed by atoms with Gasteiger partial charge in [-0.2, -0.15) is 12.6 Å². The summed E-state index contributed by atoms with van der Waals surface area (Å²) in [5.74, 6) is 1.65. The predicted octanol–water partition coefficient (Wildman–Crippen LogP) is 1.85. The van der Waals surface area contributed by atoms with Crippen LogP contribution in [0.2, 0.25) is 0 Å². The number of fused-ring (bicyclic) bond motifs is 1. The minimum Gasteiger partial charge on any atom is -0.342 e. The Kier molecular flexibility index (Phi) is 2.74. The van der Waals surface area contributed by atoms with Gasteiger partial charge in [0.1, 0.15) is 5.82 Å². The van der Waals surface area contributed by atoms with Crippen molar-refractivity contribution in [3.63, 3.8) is 0 Å². The molecule has 0 saturated heterocycles. The first-order valence-electron chi connectivity index (χ1n) is 4.56. The molecule has 1 heterocycles. The lowest BCUT2D eigenvalue weighted by atomic mass is 10.2. The molecule has 2 rings (SSSR count). The average molecular weight is 207 g/mol. The zero-order valence-electron chi connectivity index (χ0n) is 8.04. The predicted molar refractivity (Wildman–Crippen MR) is 61.5 cm³/mol. The third-order valence-electron chi connectivity index (χ3n) is 2.11.